The van der Waals surface area contributed by atoms with Gasteiger partial charge in [-0.15, -0.1) is 5.11 Å². The van der Waals surface area contributed by atoms with Crippen LogP contribution in [0.15, 0.2) is 71.3 Å². The Labute approximate surface area is 154 Å². The molecule has 8 heteroatoms. The minimum atomic E-state index is 0.221. The number of azo groups is 1. The van der Waals surface area contributed by atoms with Crippen LogP contribution in [0.1, 0.15) is 5.56 Å². The van der Waals surface area contributed by atoms with Crippen LogP contribution in [0.25, 0.3) is 16.7 Å². The second-order valence-electron chi connectivity index (χ2n) is 5.76. The predicted molar refractivity (Wildman–Crippen MR) is 99.5 cm³/mol. The van der Waals surface area contributed by atoms with Crippen LogP contribution in [0.2, 0.25) is 0 Å². The number of rotatable bonds is 5. The van der Waals surface area contributed by atoms with Gasteiger partial charge in [-0.05, 0) is 29.8 Å². The maximum absolute atomic E-state index is 9.32. The van der Waals surface area contributed by atoms with E-state index in [-0.39, 0.29) is 5.75 Å². The second-order valence-corrected chi connectivity index (χ2v) is 5.76. The predicted octanol–water partition coefficient (Wildman–Crippen LogP) is 3.81. The zero-order valence-corrected chi connectivity index (χ0v) is 14.5. The topological polar surface area (TPSA) is 97.8 Å². The van der Waals surface area contributed by atoms with Gasteiger partial charge in [0, 0.05) is 6.07 Å². The van der Waals surface area contributed by atoms with Gasteiger partial charge >= 0.3 is 0 Å². The summed E-state index contributed by atoms with van der Waals surface area (Å²) in [5.41, 5.74) is 2.40. The maximum Gasteiger partial charge on any atom is 0.188 e. The summed E-state index contributed by atoms with van der Waals surface area (Å²) in [5.74, 6) is 1.41. The van der Waals surface area contributed by atoms with Crippen LogP contribution in [-0.4, -0.2) is 32.0 Å². The lowest BCUT2D eigenvalue weighted by molar-refractivity contribution is 0.414. The number of aromatic hydroxyl groups is 1. The van der Waals surface area contributed by atoms with E-state index in [0.29, 0.717) is 23.4 Å². The molecule has 8 nitrogen and oxygen atoms in total. The number of hydrogen-bond acceptors (Lipinski definition) is 7. The molecule has 0 unspecified atom stereocenters. The van der Waals surface area contributed by atoms with Crippen LogP contribution in [0.5, 0.6) is 11.5 Å². The van der Waals surface area contributed by atoms with E-state index >= 15 is 0 Å². The first kappa shape index (κ1) is 16.6. The lowest BCUT2D eigenvalue weighted by Gasteiger charge is -2.05. The Morgan fingerprint density at radius 2 is 1.96 bits per heavy atom. The Bertz CT molecular complexity index is 1100. The Morgan fingerprint density at radius 3 is 2.78 bits per heavy atom. The van der Waals surface area contributed by atoms with Gasteiger partial charge in [0.1, 0.15) is 17.8 Å². The molecular weight excluding hydrogens is 344 g/mol. The first-order valence-electron chi connectivity index (χ1n) is 8.23. The van der Waals surface area contributed by atoms with Crippen molar-refractivity contribution in [2.45, 2.75) is 6.54 Å². The van der Waals surface area contributed by atoms with E-state index in [1.807, 2.05) is 24.3 Å². The lowest BCUT2D eigenvalue weighted by Crippen LogP contribution is -1.98. The number of fused-ring (bicyclic) bond motifs is 1. The molecule has 0 spiro atoms. The largest absolute Gasteiger partial charge is 0.508 e. The van der Waals surface area contributed by atoms with E-state index in [1.54, 1.807) is 42.3 Å². The van der Waals surface area contributed by atoms with Crippen molar-refractivity contribution in [3.8, 4) is 17.2 Å². The van der Waals surface area contributed by atoms with Crippen molar-refractivity contribution in [2.24, 2.45) is 10.2 Å². The van der Waals surface area contributed by atoms with Gasteiger partial charge in [-0.25, -0.2) is 14.6 Å². The van der Waals surface area contributed by atoms with E-state index in [9.17, 15) is 5.11 Å². The fourth-order valence-electron chi connectivity index (χ4n) is 2.63. The van der Waals surface area contributed by atoms with Gasteiger partial charge in [0.2, 0.25) is 0 Å². The van der Waals surface area contributed by atoms with Crippen LogP contribution in [0.3, 0.4) is 0 Å². The van der Waals surface area contributed by atoms with E-state index in [2.05, 4.69) is 25.3 Å². The summed E-state index contributed by atoms with van der Waals surface area (Å²) >= 11 is 0. The zero-order valence-electron chi connectivity index (χ0n) is 14.5. The fraction of sp³-hybridized carbons (Fsp3) is 0.105. The smallest absolute Gasteiger partial charge is 0.188 e. The monoisotopic (exact) mass is 360 g/mol. The lowest BCUT2D eigenvalue weighted by atomic mass is 10.2. The van der Waals surface area contributed by atoms with Crippen LogP contribution in [0.4, 0.5) is 5.82 Å². The number of nitrogens with zero attached hydrogens (tertiary/aromatic N) is 6. The quantitative estimate of drug-likeness (QED) is 0.546. The summed E-state index contributed by atoms with van der Waals surface area (Å²) in [5, 5.41) is 22.9. The molecule has 0 aliphatic carbocycles. The van der Waals surface area contributed by atoms with Crippen LogP contribution < -0.4 is 4.74 Å². The second kappa shape index (κ2) is 7.20. The third kappa shape index (κ3) is 3.45. The molecule has 0 saturated carbocycles. The molecule has 2 heterocycles. The Hall–Kier alpha value is -3.81. The van der Waals surface area contributed by atoms with Crippen LogP contribution >= 0.6 is 0 Å². The first-order valence-corrected chi connectivity index (χ1v) is 8.23. The number of benzene rings is 2. The summed E-state index contributed by atoms with van der Waals surface area (Å²) in [7, 11) is 1.62. The number of hydrogen-bond donors (Lipinski definition) is 1. The average molecular weight is 360 g/mol. The van der Waals surface area contributed by atoms with Gasteiger partial charge in [0.25, 0.3) is 0 Å². The highest BCUT2D eigenvalue weighted by Gasteiger charge is 2.11. The normalized spacial score (nSPS) is 11.3. The molecular formula is C19H16N6O2. The molecule has 0 amide bonds. The van der Waals surface area contributed by atoms with Crippen molar-refractivity contribution in [3.63, 3.8) is 0 Å². The molecule has 0 radical (unpaired) electrons. The molecule has 0 atom stereocenters. The highest BCUT2D eigenvalue weighted by Crippen LogP contribution is 2.25. The zero-order chi connectivity index (χ0) is 18.6. The highest BCUT2D eigenvalue weighted by atomic mass is 16.5. The van der Waals surface area contributed by atoms with Gasteiger partial charge in [0.15, 0.2) is 11.5 Å². The van der Waals surface area contributed by atoms with Crippen molar-refractivity contribution in [1.29, 1.82) is 0 Å². The molecule has 0 bridgehead atoms. The minimum absolute atomic E-state index is 0.221. The molecule has 134 valence electrons. The Morgan fingerprint density at radius 1 is 1.11 bits per heavy atom. The van der Waals surface area contributed by atoms with Gasteiger partial charge in [-0.1, -0.05) is 18.2 Å². The molecule has 27 heavy (non-hydrogen) atoms. The molecule has 2 aromatic carbocycles. The molecule has 2 aromatic heterocycles. The van der Waals surface area contributed by atoms with E-state index in [4.69, 9.17) is 4.74 Å². The summed E-state index contributed by atoms with van der Waals surface area (Å²) in [6.45, 7) is 0.385. The van der Waals surface area contributed by atoms with Crippen molar-refractivity contribution < 1.29 is 9.84 Å². The van der Waals surface area contributed by atoms with Gasteiger partial charge in [0.05, 0.1) is 30.9 Å². The molecule has 4 rings (SSSR count). The first-order chi connectivity index (χ1) is 13.2. The van der Waals surface area contributed by atoms with Crippen molar-refractivity contribution >= 4 is 16.9 Å². The molecule has 0 aliphatic heterocycles. The van der Waals surface area contributed by atoms with E-state index in [0.717, 1.165) is 17.0 Å². The molecule has 0 aliphatic rings. The molecule has 4 aromatic rings. The number of methoxy groups -OCH3 is 1. The van der Waals surface area contributed by atoms with Crippen LogP contribution in [0, 0.1) is 0 Å². The number of aromatic nitrogens is 4. The third-order valence-electron chi connectivity index (χ3n) is 4.00. The van der Waals surface area contributed by atoms with Crippen molar-refractivity contribution in [1.82, 2.24) is 19.7 Å². The molecule has 0 saturated heterocycles. The van der Waals surface area contributed by atoms with E-state index < -0.39 is 0 Å². The maximum atomic E-state index is 9.32. The van der Waals surface area contributed by atoms with Crippen molar-refractivity contribution in [3.05, 3.63) is 66.6 Å². The third-order valence-corrected chi connectivity index (χ3v) is 4.00. The van der Waals surface area contributed by atoms with Gasteiger partial charge in [-0.2, -0.15) is 10.2 Å². The minimum Gasteiger partial charge on any atom is -0.508 e. The number of phenols is 1. The average Bonchev–Trinajstić information content (AvgIpc) is 3.14. The summed E-state index contributed by atoms with van der Waals surface area (Å²) in [4.78, 5) is 8.53. The van der Waals surface area contributed by atoms with Gasteiger partial charge < -0.3 is 9.84 Å². The SMILES string of the molecule is COc1cccc(-n2ncc3c(N=NCc4ccc(O)cc4)ncnc32)c1. The Kier molecular flexibility index (Phi) is 4.44. The Balaban J connectivity index is 1.64. The molecule has 0 fully saturated rings. The summed E-state index contributed by atoms with van der Waals surface area (Å²) in [6.07, 6.45) is 3.11. The van der Waals surface area contributed by atoms with Crippen LogP contribution in [-0.2, 0) is 6.54 Å². The summed E-state index contributed by atoms with van der Waals surface area (Å²) < 4.78 is 6.98. The number of phenolic OH excluding ortho intramolecular Hbond substituents is 1. The van der Waals surface area contributed by atoms with E-state index in [1.165, 1.54) is 6.33 Å². The fourth-order valence-corrected chi connectivity index (χ4v) is 2.63. The number of ether oxygens (including phenoxy) is 1. The van der Waals surface area contributed by atoms with Gasteiger partial charge in [-0.3, -0.25) is 0 Å². The highest BCUT2D eigenvalue weighted by molar-refractivity contribution is 5.85. The molecule has 1 N–H and O–H groups in total. The summed E-state index contributed by atoms with van der Waals surface area (Å²) in [6, 6.07) is 14.4. The standard InChI is InChI=1S/C19H16N6O2/c1-27-16-4-2-3-14(9-16)25-19-17(11-23-25)18(20-12-21-19)24-22-10-13-5-7-15(26)8-6-13/h2-9,11-12,26H,10H2,1H3. The van der Waals surface area contributed by atoms with Crippen molar-refractivity contribution in [2.75, 3.05) is 7.11 Å².